The van der Waals surface area contributed by atoms with E-state index in [2.05, 4.69) is 14.7 Å². The number of rotatable bonds is 7. The first-order valence-electron chi connectivity index (χ1n) is 7.52. The molecule has 3 aromatic rings. The molecule has 0 saturated heterocycles. The van der Waals surface area contributed by atoms with Crippen LogP contribution in [0, 0.1) is 0 Å². The van der Waals surface area contributed by atoms with E-state index in [1.54, 1.807) is 18.3 Å². The molecule has 114 valence electrons. The summed E-state index contributed by atoms with van der Waals surface area (Å²) in [5, 5.41) is 13.9. The molecule has 0 aliphatic carbocycles. The molecule has 22 heavy (non-hydrogen) atoms. The maximum atomic E-state index is 9.82. The van der Waals surface area contributed by atoms with E-state index in [0.717, 1.165) is 38.0 Å². The number of nitrogens with zero attached hydrogens (tertiary/aromatic N) is 3. The Morgan fingerprint density at radius 3 is 2.86 bits per heavy atom. The topological polar surface area (TPSA) is 64.1 Å². The first-order valence-corrected chi connectivity index (χ1v) is 7.52. The zero-order chi connectivity index (χ0) is 15.2. The van der Waals surface area contributed by atoms with Crippen LogP contribution in [0.15, 0.2) is 53.6 Å². The largest absolute Gasteiger partial charge is 0.507 e. The van der Waals surface area contributed by atoms with Gasteiger partial charge in [0, 0.05) is 37.0 Å². The summed E-state index contributed by atoms with van der Waals surface area (Å²) in [6.45, 7) is 1.000. The van der Waals surface area contributed by atoms with Crippen molar-refractivity contribution >= 4 is 0 Å². The molecular formula is C17H19N3O2. The smallest absolute Gasteiger partial charge is 0.137 e. The molecule has 0 spiro atoms. The Balaban J connectivity index is 1.47. The second kappa shape index (κ2) is 6.93. The van der Waals surface area contributed by atoms with Crippen LogP contribution in [0.2, 0.25) is 0 Å². The fraction of sp³-hybridized carbons (Fsp3) is 0.294. The number of para-hydroxylation sites is 1. The van der Waals surface area contributed by atoms with Crippen molar-refractivity contribution in [3.63, 3.8) is 0 Å². The number of hydrogen-bond acceptors (Lipinski definition) is 4. The number of phenols is 1. The molecule has 2 aromatic heterocycles. The molecule has 0 fully saturated rings. The Bertz CT molecular complexity index is 704. The van der Waals surface area contributed by atoms with Gasteiger partial charge in [-0.15, -0.1) is 0 Å². The average molecular weight is 297 g/mol. The molecular weight excluding hydrogens is 278 g/mol. The van der Waals surface area contributed by atoms with Gasteiger partial charge in [0.15, 0.2) is 0 Å². The summed E-state index contributed by atoms with van der Waals surface area (Å²) < 4.78 is 7.44. The lowest BCUT2D eigenvalue weighted by atomic mass is 10.1. The fourth-order valence-corrected chi connectivity index (χ4v) is 2.44. The summed E-state index contributed by atoms with van der Waals surface area (Å²) in [5.41, 5.74) is 1.39. The van der Waals surface area contributed by atoms with Crippen molar-refractivity contribution in [2.24, 2.45) is 0 Å². The summed E-state index contributed by atoms with van der Waals surface area (Å²) in [4.78, 5) is 4.03. The first kappa shape index (κ1) is 14.4. The van der Waals surface area contributed by atoms with Crippen LogP contribution in [0.1, 0.15) is 25.0 Å². The molecule has 0 unspecified atom stereocenters. The third kappa shape index (κ3) is 3.55. The second-order valence-corrected chi connectivity index (χ2v) is 5.31. The van der Waals surface area contributed by atoms with Crippen LogP contribution in [0.4, 0.5) is 0 Å². The van der Waals surface area contributed by atoms with Crippen LogP contribution in [0.5, 0.6) is 5.75 Å². The lowest BCUT2D eigenvalue weighted by Crippen LogP contribution is -1.94. The summed E-state index contributed by atoms with van der Waals surface area (Å²) in [6.07, 6.45) is 9.80. The van der Waals surface area contributed by atoms with E-state index in [9.17, 15) is 5.11 Å². The van der Waals surface area contributed by atoms with E-state index in [1.165, 1.54) is 0 Å². The molecule has 0 radical (unpaired) electrons. The van der Waals surface area contributed by atoms with E-state index >= 15 is 0 Å². The number of benzene rings is 1. The van der Waals surface area contributed by atoms with Gasteiger partial charge in [0.1, 0.15) is 17.2 Å². The summed E-state index contributed by atoms with van der Waals surface area (Å²) >= 11 is 0. The van der Waals surface area contributed by atoms with Crippen LogP contribution in [0.3, 0.4) is 0 Å². The predicted molar refractivity (Wildman–Crippen MR) is 83.4 cm³/mol. The Morgan fingerprint density at radius 2 is 2.05 bits per heavy atom. The van der Waals surface area contributed by atoms with Crippen LogP contribution in [0.25, 0.3) is 11.3 Å². The van der Waals surface area contributed by atoms with Gasteiger partial charge < -0.3 is 14.2 Å². The highest BCUT2D eigenvalue weighted by atomic mass is 16.5. The van der Waals surface area contributed by atoms with Crippen molar-refractivity contribution in [2.45, 2.75) is 32.2 Å². The van der Waals surface area contributed by atoms with Crippen molar-refractivity contribution in [3.8, 4) is 17.0 Å². The van der Waals surface area contributed by atoms with Gasteiger partial charge in [0.05, 0.1) is 6.33 Å². The lowest BCUT2D eigenvalue weighted by molar-refractivity contribution is 0.379. The molecule has 0 atom stereocenters. The molecule has 1 N–H and O–H groups in total. The van der Waals surface area contributed by atoms with Crippen molar-refractivity contribution in [3.05, 3.63) is 54.8 Å². The van der Waals surface area contributed by atoms with Gasteiger partial charge in [0.25, 0.3) is 0 Å². The Kier molecular flexibility index (Phi) is 4.53. The number of aromatic nitrogens is 3. The van der Waals surface area contributed by atoms with Crippen LogP contribution < -0.4 is 0 Å². The van der Waals surface area contributed by atoms with Crippen LogP contribution in [-0.2, 0) is 13.0 Å². The minimum Gasteiger partial charge on any atom is -0.507 e. The van der Waals surface area contributed by atoms with E-state index in [4.69, 9.17) is 4.52 Å². The minimum atomic E-state index is 0.225. The quantitative estimate of drug-likeness (QED) is 0.676. The molecule has 3 rings (SSSR count). The number of hydrogen-bond donors (Lipinski definition) is 1. The number of phenolic OH excluding ortho intramolecular Hbond substituents is 1. The first-order chi connectivity index (χ1) is 10.8. The van der Waals surface area contributed by atoms with Crippen molar-refractivity contribution in [1.29, 1.82) is 0 Å². The van der Waals surface area contributed by atoms with Gasteiger partial charge in [-0.1, -0.05) is 23.7 Å². The Hall–Kier alpha value is -2.56. The van der Waals surface area contributed by atoms with Crippen molar-refractivity contribution in [2.75, 3.05) is 0 Å². The third-order valence-corrected chi connectivity index (χ3v) is 3.64. The van der Waals surface area contributed by atoms with E-state index in [0.29, 0.717) is 11.3 Å². The van der Waals surface area contributed by atoms with Crippen LogP contribution >= 0.6 is 0 Å². The SMILES string of the molecule is Oc1ccccc1-c1cc(CCCCCn2ccnc2)on1. The highest BCUT2D eigenvalue weighted by Gasteiger charge is 2.09. The summed E-state index contributed by atoms with van der Waals surface area (Å²) in [5.74, 6) is 1.09. The highest BCUT2D eigenvalue weighted by molar-refractivity contribution is 5.66. The Labute approximate surface area is 129 Å². The molecule has 0 aliphatic rings. The molecule has 2 heterocycles. The number of aromatic hydroxyl groups is 1. The zero-order valence-electron chi connectivity index (χ0n) is 12.4. The average Bonchev–Trinajstić information content (AvgIpc) is 3.19. The maximum absolute atomic E-state index is 9.82. The molecule has 5 heteroatoms. The van der Waals surface area contributed by atoms with Crippen molar-refractivity contribution < 1.29 is 9.63 Å². The number of imidazole rings is 1. The predicted octanol–water partition coefficient (Wildman–Crippen LogP) is 3.66. The summed E-state index contributed by atoms with van der Waals surface area (Å²) in [6, 6.07) is 9.06. The Morgan fingerprint density at radius 1 is 1.14 bits per heavy atom. The molecule has 0 bridgehead atoms. The minimum absolute atomic E-state index is 0.225. The standard InChI is InChI=1S/C17H19N3O2/c21-17-8-4-3-7-15(17)16-12-14(22-19-16)6-2-1-5-10-20-11-9-18-13-20/h3-4,7-9,11-13,21H,1-2,5-6,10H2. The lowest BCUT2D eigenvalue weighted by Gasteiger charge is -2.01. The number of aryl methyl sites for hydroxylation is 2. The van der Waals surface area contributed by atoms with Gasteiger partial charge in [-0.25, -0.2) is 4.98 Å². The van der Waals surface area contributed by atoms with E-state index < -0.39 is 0 Å². The maximum Gasteiger partial charge on any atom is 0.137 e. The summed E-state index contributed by atoms with van der Waals surface area (Å²) in [7, 11) is 0. The second-order valence-electron chi connectivity index (χ2n) is 5.31. The number of unbranched alkanes of at least 4 members (excludes halogenated alkanes) is 2. The van der Waals surface area contributed by atoms with Crippen LogP contribution in [-0.4, -0.2) is 19.8 Å². The monoisotopic (exact) mass is 297 g/mol. The molecule has 0 amide bonds. The normalized spacial score (nSPS) is 10.9. The third-order valence-electron chi connectivity index (χ3n) is 3.64. The molecule has 1 aromatic carbocycles. The highest BCUT2D eigenvalue weighted by Crippen LogP contribution is 2.28. The van der Waals surface area contributed by atoms with E-state index in [1.807, 2.05) is 30.7 Å². The van der Waals surface area contributed by atoms with E-state index in [-0.39, 0.29) is 5.75 Å². The molecule has 5 nitrogen and oxygen atoms in total. The zero-order valence-corrected chi connectivity index (χ0v) is 12.4. The van der Waals surface area contributed by atoms with Gasteiger partial charge >= 0.3 is 0 Å². The molecule has 0 saturated carbocycles. The van der Waals surface area contributed by atoms with Gasteiger partial charge in [0.2, 0.25) is 0 Å². The van der Waals surface area contributed by atoms with Crippen molar-refractivity contribution in [1.82, 2.24) is 14.7 Å². The van der Waals surface area contributed by atoms with Gasteiger partial charge in [-0.05, 0) is 25.0 Å². The molecule has 0 aliphatic heterocycles. The fourth-order valence-electron chi connectivity index (χ4n) is 2.44. The van der Waals surface area contributed by atoms with Gasteiger partial charge in [-0.2, -0.15) is 0 Å². The van der Waals surface area contributed by atoms with Gasteiger partial charge in [-0.3, -0.25) is 0 Å².